The first kappa shape index (κ1) is 8.96. The maximum absolute atomic E-state index is 5.22. The molecule has 0 saturated carbocycles. The van der Waals surface area contributed by atoms with Crippen LogP contribution in [0.1, 0.15) is 11.4 Å². The first-order chi connectivity index (χ1) is 6.83. The van der Waals surface area contributed by atoms with Crippen molar-refractivity contribution in [2.45, 2.75) is 0 Å². The van der Waals surface area contributed by atoms with Gasteiger partial charge in [-0.1, -0.05) is 0 Å². The van der Waals surface area contributed by atoms with Crippen molar-refractivity contribution in [3.05, 3.63) is 22.1 Å². The smallest absolute Gasteiger partial charge is 0.153 e. The lowest BCUT2D eigenvalue weighted by Gasteiger charge is -1.83. The number of aromatic nitrogens is 2. The fourth-order valence-corrected chi connectivity index (χ4v) is 2.45. The number of thiazole rings is 2. The normalized spacial score (nSPS) is 9.29. The minimum absolute atomic E-state index is 0.641. The van der Waals surface area contributed by atoms with Crippen LogP contribution in [-0.4, -0.2) is 9.97 Å². The van der Waals surface area contributed by atoms with Crippen LogP contribution in [0.4, 0.5) is 0 Å². The summed E-state index contributed by atoms with van der Waals surface area (Å²) in [5, 5.41) is 5.30. The molecule has 0 aliphatic carbocycles. The van der Waals surface area contributed by atoms with E-state index in [9.17, 15) is 0 Å². The average molecular weight is 216 g/mol. The summed E-state index contributed by atoms with van der Waals surface area (Å²) >= 11 is 2.95. The van der Waals surface area contributed by atoms with Crippen LogP contribution in [-0.2, 0) is 0 Å². The van der Waals surface area contributed by atoms with Crippen LogP contribution in [0.2, 0.25) is 0 Å². The summed E-state index contributed by atoms with van der Waals surface area (Å²) in [6, 6.07) is 0. The molecule has 0 unspecified atom stereocenters. The predicted molar refractivity (Wildman–Crippen MR) is 59.1 cm³/mol. The van der Waals surface area contributed by atoms with E-state index < -0.39 is 0 Å². The van der Waals surface area contributed by atoms with E-state index in [0.29, 0.717) is 11.4 Å². The molecule has 2 aromatic rings. The minimum Gasteiger partial charge on any atom is -0.225 e. The zero-order valence-corrected chi connectivity index (χ0v) is 8.65. The molecule has 66 valence electrons. The topological polar surface area (TPSA) is 25.8 Å². The third kappa shape index (κ3) is 1.54. The lowest BCUT2D eigenvalue weighted by atomic mass is 10.5. The molecule has 0 bridgehead atoms. The van der Waals surface area contributed by atoms with Crippen molar-refractivity contribution in [1.82, 2.24) is 9.97 Å². The standard InChI is InChI=1S/C10H4N2S2/c1-3-7-5-13-9(11-7)10-12-8(4-2)6-14-10/h1-2,5-6H. The van der Waals surface area contributed by atoms with Gasteiger partial charge >= 0.3 is 0 Å². The molecule has 2 aromatic heterocycles. The summed E-state index contributed by atoms with van der Waals surface area (Å²) in [6.45, 7) is 0. The van der Waals surface area contributed by atoms with Crippen molar-refractivity contribution < 1.29 is 0 Å². The summed E-state index contributed by atoms with van der Waals surface area (Å²) in [5.74, 6) is 4.95. The number of rotatable bonds is 1. The molecular formula is C10H4N2S2. The molecule has 0 aromatic carbocycles. The Labute approximate surface area is 89.7 Å². The Morgan fingerprint density at radius 2 is 1.36 bits per heavy atom. The van der Waals surface area contributed by atoms with Crippen LogP contribution < -0.4 is 0 Å². The predicted octanol–water partition coefficient (Wildman–Crippen LogP) is 2.23. The Hall–Kier alpha value is -1.62. The molecule has 0 saturated heterocycles. The first-order valence-electron chi connectivity index (χ1n) is 3.68. The Morgan fingerprint density at radius 1 is 0.929 bits per heavy atom. The summed E-state index contributed by atoms with van der Waals surface area (Å²) in [4.78, 5) is 8.42. The lowest BCUT2D eigenvalue weighted by molar-refractivity contribution is 1.31. The molecular weight excluding hydrogens is 212 g/mol. The van der Waals surface area contributed by atoms with Gasteiger partial charge in [0.1, 0.15) is 11.4 Å². The summed E-state index contributed by atoms with van der Waals surface area (Å²) in [5.41, 5.74) is 1.28. The van der Waals surface area contributed by atoms with Crippen LogP contribution in [0, 0.1) is 24.7 Å². The zero-order valence-electron chi connectivity index (χ0n) is 7.02. The molecule has 0 N–H and O–H groups in total. The van der Waals surface area contributed by atoms with Gasteiger partial charge in [-0.15, -0.1) is 35.5 Å². The van der Waals surface area contributed by atoms with Crippen LogP contribution in [0.15, 0.2) is 10.8 Å². The highest BCUT2D eigenvalue weighted by Gasteiger charge is 2.07. The van der Waals surface area contributed by atoms with Crippen molar-refractivity contribution in [2.24, 2.45) is 0 Å². The van der Waals surface area contributed by atoms with E-state index in [2.05, 4.69) is 21.8 Å². The van der Waals surface area contributed by atoms with Crippen molar-refractivity contribution in [2.75, 3.05) is 0 Å². The molecule has 2 rings (SSSR count). The van der Waals surface area contributed by atoms with Gasteiger partial charge in [-0.3, -0.25) is 0 Å². The summed E-state index contributed by atoms with van der Waals surface area (Å²) in [6.07, 6.45) is 10.4. The molecule has 14 heavy (non-hydrogen) atoms. The molecule has 0 fully saturated rings. The van der Waals surface area contributed by atoms with Gasteiger partial charge in [0.2, 0.25) is 0 Å². The third-order valence-electron chi connectivity index (χ3n) is 1.49. The van der Waals surface area contributed by atoms with E-state index in [1.165, 1.54) is 22.7 Å². The van der Waals surface area contributed by atoms with Crippen molar-refractivity contribution in [3.63, 3.8) is 0 Å². The van der Waals surface area contributed by atoms with Crippen molar-refractivity contribution >= 4 is 22.7 Å². The molecule has 4 heteroatoms. The second-order valence-electron chi connectivity index (χ2n) is 2.36. The largest absolute Gasteiger partial charge is 0.225 e. The Bertz CT molecular complexity index is 487. The van der Waals surface area contributed by atoms with Crippen LogP contribution in [0.3, 0.4) is 0 Å². The highest BCUT2D eigenvalue weighted by atomic mass is 32.1. The van der Waals surface area contributed by atoms with Gasteiger partial charge in [0.15, 0.2) is 10.0 Å². The summed E-state index contributed by atoms with van der Waals surface area (Å²) < 4.78 is 0. The van der Waals surface area contributed by atoms with Gasteiger partial charge in [0.05, 0.1) is 0 Å². The SMILES string of the molecule is C#Cc1csc(-c2nc(C#C)cs2)n1. The number of hydrogen-bond donors (Lipinski definition) is 0. The fraction of sp³-hybridized carbons (Fsp3) is 0. The quantitative estimate of drug-likeness (QED) is 0.683. The number of hydrogen-bond acceptors (Lipinski definition) is 4. The Kier molecular flexibility index (Phi) is 2.32. The second kappa shape index (κ2) is 3.63. The first-order valence-corrected chi connectivity index (χ1v) is 5.44. The molecule has 0 atom stereocenters. The molecule has 2 nitrogen and oxygen atoms in total. The van der Waals surface area contributed by atoms with Gasteiger partial charge in [0.25, 0.3) is 0 Å². The molecule has 0 radical (unpaired) electrons. The summed E-state index contributed by atoms with van der Waals surface area (Å²) in [7, 11) is 0. The Balaban J connectivity index is 2.41. The second-order valence-corrected chi connectivity index (χ2v) is 4.08. The van der Waals surface area contributed by atoms with Gasteiger partial charge in [-0.2, -0.15) is 0 Å². The minimum atomic E-state index is 0.641. The van der Waals surface area contributed by atoms with Gasteiger partial charge in [-0.05, 0) is 11.8 Å². The van der Waals surface area contributed by atoms with E-state index >= 15 is 0 Å². The molecule has 0 amide bonds. The highest BCUT2D eigenvalue weighted by molar-refractivity contribution is 7.19. The van der Waals surface area contributed by atoms with Crippen LogP contribution in [0.25, 0.3) is 10.0 Å². The van der Waals surface area contributed by atoms with Crippen molar-refractivity contribution in [1.29, 1.82) is 0 Å². The van der Waals surface area contributed by atoms with E-state index in [-0.39, 0.29) is 0 Å². The molecule has 0 aliphatic heterocycles. The molecule has 2 heterocycles. The van der Waals surface area contributed by atoms with Gasteiger partial charge in [-0.25, -0.2) is 9.97 Å². The number of nitrogens with zero attached hydrogens (tertiary/aromatic N) is 2. The van der Waals surface area contributed by atoms with Gasteiger partial charge < -0.3 is 0 Å². The Morgan fingerprint density at radius 3 is 1.64 bits per heavy atom. The van der Waals surface area contributed by atoms with Crippen LogP contribution >= 0.6 is 22.7 Å². The van der Waals surface area contributed by atoms with Crippen LogP contribution in [0.5, 0.6) is 0 Å². The monoisotopic (exact) mass is 216 g/mol. The van der Waals surface area contributed by atoms with Gasteiger partial charge in [0, 0.05) is 10.8 Å². The maximum Gasteiger partial charge on any atom is 0.153 e. The maximum atomic E-state index is 5.22. The van der Waals surface area contributed by atoms with E-state index in [0.717, 1.165) is 10.0 Å². The highest BCUT2D eigenvalue weighted by Crippen LogP contribution is 2.26. The van der Waals surface area contributed by atoms with E-state index in [1.807, 2.05) is 10.8 Å². The molecule has 0 spiro atoms. The van der Waals surface area contributed by atoms with E-state index in [1.54, 1.807) is 0 Å². The number of terminal acetylenes is 2. The average Bonchev–Trinajstić information content (AvgIpc) is 2.86. The third-order valence-corrected chi connectivity index (χ3v) is 3.31. The fourth-order valence-electron chi connectivity index (χ4n) is 0.877. The van der Waals surface area contributed by atoms with Crippen molar-refractivity contribution in [3.8, 4) is 34.7 Å². The zero-order chi connectivity index (χ0) is 9.97. The molecule has 0 aliphatic rings. The van der Waals surface area contributed by atoms with E-state index in [4.69, 9.17) is 12.8 Å². The lowest BCUT2D eigenvalue weighted by Crippen LogP contribution is -1.77.